The summed E-state index contributed by atoms with van der Waals surface area (Å²) in [5.74, 6) is 1.82. The number of pyridine rings is 1. The summed E-state index contributed by atoms with van der Waals surface area (Å²) in [4.78, 5) is 18.6. The maximum Gasteiger partial charge on any atom is 0.305 e. The summed E-state index contributed by atoms with van der Waals surface area (Å²) in [7, 11) is 1.44. The third kappa shape index (κ3) is 8.21. The lowest BCUT2D eigenvalue weighted by atomic mass is 10.1. The number of aryl methyl sites for hydroxylation is 2. The molecule has 6 nitrogen and oxygen atoms in total. The van der Waals surface area contributed by atoms with E-state index in [9.17, 15) is 4.79 Å². The number of anilines is 1. The van der Waals surface area contributed by atoms with E-state index in [1.807, 2.05) is 30.3 Å². The maximum absolute atomic E-state index is 11.4. The van der Waals surface area contributed by atoms with Crippen LogP contribution < -0.4 is 10.1 Å². The molecule has 1 aromatic carbocycles. The first-order chi connectivity index (χ1) is 15.2. The molecule has 1 aliphatic rings. The molecule has 2 aromatic rings. The van der Waals surface area contributed by atoms with Crippen LogP contribution in [0.5, 0.6) is 5.75 Å². The number of nitrogens with zero attached hydrogens (tertiary/aromatic N) is 2. The highest BCUT2D eigenvalue weighted by Crippen LogP contribution is 2.20. The fourth-order valence-electron chi connectivity index (χ4n) is 3.84. The van der Waals surface area contributed by atoms with E-state index in [4.69, 9.17) is 14.5 Å². The van der Waals surface area contributed by atoms with Crippen LogP contribution in [0.1, 0.15) is 43.4 Å². The molecule has 0 saturated carbocycles. The van der Waals surface area contributed by atoms with Gasteiger partial charge in [-0.3, -0.25) is 9.69 Å². The van der Waals surface area contributed by atoms with Crippen molar-refractivity contribution in [1.82, 2.24) is 9.88 Å². The van der Waals surface area contributed by atoms with Crippen molar-refractivity contribution in [2.75, 3.05) is 45.2 Å². The van der Waals surface area contributed by atoms with E-state index in [1.54, 1.807) is 0 Å². The van der Waals surface area contributed by atoms with Crippen LogP contribution >= 0.6 is 0 Å². The summed E-state index contributed by atoms with van der Waals surface area (Å²) in [6, 6.07) is 14.3. The molecule has 1 aliphatic heterocycles. The Balaban J connectivity index is 1.41. The summed E-state index contributed by atoms with van der Waals surface area (Å²) in [5, 5.41) is 3.41. The van der Waals surface area contributed by atoms with Crippen molar-refractivity contribution in [3.8, 4) is 5.75 Å². The zero-order chi connectivity index (χ0) is 21.7. The summed E-state index contributed by atoms with van der Waals surface area (Å²) >= 11 is 0. The molecular weight excluding hydrogens is 390 g/mol. The van der Waals surface area contributed by atoms with Crippen LogP contribution in [0.3, 0.4) is 0 Å². The van der Waals surface area contributed by atoms with Gasteiger partial charge in [0, 0.05) is 25.2 Å². The third-order valence-corrected chi connectivity index (χ3v) is 5.61. The minimum atomic E-state index is -0.146. The van der Waals surface area contributed by atoms with Gasteiger partial charge in [-0.05, 0) is 75.4 Å². The number of rotatable bonds is 13. The first-order valence-corrected chi connectivity index (χ1v) is 11.4. The lowest BCUT2D eigenvalue weighted by Crippen LogP contribution is -2.31. The van der Waals surface area contributed by atoms with Crippen molar-refractivity contribution >= 4 is 11.8 Å². The standard InChI is InChI=1S/C25H35N3O3/c1-30-24(29)13-8-18-28(19-20-31-23-11-3-2-4-12-23)17-6-5-10-22-15-14-21-9-7-16-26-25(21)27-22/h2-4,11-12,14-15H,5-10,13,16-20H2,1H3,(H,26,27). The molecule has 0 atom stereocenters. The first kappa shape index (κ1) is 23.1. The molecule has 31 heavy (non-hydrogen) atoms. The fourth-order valence-corrected chi connectivity index (χ4v) is 3.84. The van der Waals surface area contributed by atoms with Crippen LogP contribution in [-0.4, -0.2) is 55.7 Å². The summed E-state index contributed by atoms with van der Waals surface area (Å²) in [6.07, 6.45) is 6.75. The van der Waals surface area contributed by atoms with Crippen molar-refractivity contribution in [2.24, 2.45) is 0 Å². The zero-order valence-electron chi connectivity index (χ0n) is 18.6. The summed E-state index contributed by atoms with van der Waals surface area (Å²) in [6.45, 7) is 4.36. The highest BCUT2D eigenvalue weighted by molar-refractivity contribution is 5.69. The highest BCUT2D eigenvalue weighted by atomic mass is 16.5. The molecule has 0 amide bonds. The maximum atomic E-state index is 11.4. The molecule has 0 spiro atoms. The predicted molar refractivity (Wildman–Crippen MR) is 124 cm³/mol. The number of carbonyl (C=O) groups excluding carboxylic acids is 1. The summed E-state index contributed by atoms with van der Waals surface area (Å²) in [5.41, 5.74) is 2.50. The van der Waals surface area contributed by atoms with Gasteiger partial charge in [-0.15, -0.1) is 0 Å². The Kier molecular flexibility index (Phi) is 9.64. The average Bonchev–Trinajstić information content (AvgIpc) is 2.81. The van der Waals surface area contributed by atoms with Crippen LogP contribution in [0.25, 0.3) is 0 Å². The Bertz CT molecular complexity index is 798. The van der Waals surface area contributed by atoms with Crippen molar-refractivity contribution in [3.05, 3.63) is 53.7 Å². The minimum absolute atomic E-state index is 0.146. The van der Waals surface area contributed by atoms with Crippen LogP contribution in [0.4, 0.5) is 5.82 Å². The Morgan fingerprint density at radius 1 is 1.06 bits per heavy atom. The Morgan fingerprint density at radius 3 is 2.74 bits per heavy atom. The number of unbranched alkanes of at least 4 members (excludes halogenated alkanes) is 1. The van der Waals surface area contributed by atoms with E-state index >= 15 is 0 Å². The number of hydrogen-bond donors (Lipinski definition) is 1. The SMILES string of the molecule is COC(=O)CCCN(CCCCc1ccc2c(n1)NCCC2)CCOc1ccccc1. The van der Waals surface area contributed by atoms with Gasteiger partial charge in [0.15, 0.2) is 0 Å². The van der Waals surface area contributed by atoms with Gasteiger partial charge < -0.3 is 14.8 Å². The molecule has 0 saturated heterocycles. The number of methoxy groups -OCH3 is 1. The van der Waals surface area contributed by atoms with Gasteiger partial charge in [-0.25, -0.2) is 4.98 Å². The van der Waals surface area contributed by atoms with Crippen molar-refractivity contribution in [1.29, 1.82) is 0 Å². The van der Waals surface area contributed by atoms with Gasteiger partial charge in [0.05, 0.1) is 7.11 Å². The molecule has 0 radical (unpaired) electrons. The molecule has 0 aliphatic carbocycles. The van der Waals surface area contributed by atoms with Crippen molar-refractivity contribution < 1.29 is 14.3 Å². The van der Waals surface area contributed by atoms with Crippen LogP contribution in [0, 0.1) is 0 Å². The Morgan fingerprint density at radius 2 is 1.90 bits per heavy atom. The average molecular weight is 426 g/mol. The number of esters is 1. The number of hydrogen-bond acceptors (Lipinski definition) is 6. The second-order valence-corrected chi connectivity index (χ2v) is 7.98. The normalized spacial score (nSPS) is 12.8. The van der Waals surface area contributed by atoms with Crippen molar-refractivity contribution in [3.63, 3.8) is 0 Å². The van der Waals surface area contributed by atoms with E-state index < -0.39 is 0 Å². The molecule has 1 N–H and O–H groups in total. The molecule has 0 bridgehead atoms. The molecule has 0 unspecified atom stereocenters. The smallest absolute Gasteiger partial charge is 0.305 e. The van der Waals surface area contributed by atoms with Gasteiger partial charge in [0.25, 0.3) is 0 Å². The van der Waals surface area contributed by atoms with Gasteiger partial charge in [0.1, 0.15) is 18.2 Å². The summed E-state index contributed by atoms with van der Waals surface area (Å²) < 4.78 is 10.6. The molecule has 6 heteroatoms. The number of benzene rings is 1. The molecule has 3 rings (SSSR count). The predicted octanol–water partition coefficient (Wildman–Crippen LogP) is 4.10. The second-order valence-electron chi connectivity index (χ2n) is 7.98. The third-order valence-electron chi connectivity index (χ3n) is 5.61. The number of ether oxygens (including phenoxy) is 2. The number of fused-ring (bicyclic) bond motifs is 1. The topological polar surface area (TPSA) is 63.7 Å². The first-order valence-electron chi connectivity index (χ1n) is 11.4. The quantitative estimate of drug-likeness (QED) is 0.385. The monoisotopic (exact) mass is 425 g/mol. The molecule has 168 valence electrons. The van der Waals surface area contributed by atoms with Gasteiger partial charge in [0.2, 0.25) is 0 Å². The fraction of sp³-hybridized carbons (Fsp3) is 0.520. The number of carbonyl (C=O) groups is 1. The Labute approximate surface area is 186 Å². The minimum Gasteiger partial charge on any atom is -0.492 e. The van der Waals surface area contributed by atoms with E-state index in [0.29, 0.717) is 13.0 Å². The van der Waals surface area contributed by atoms with E-state index in [1.165, 1.54) is 19.1 Å². The molecule has 0 fully saturated rings. The van der Waals surface area contributed by atoms with Gasteiger partial charge in [-0.2, -0.15) is 0 Å². The largest absolute Gasteiger partial charge is 0.492 e. The molecule has 1 aromatic heterocycles. The second kappa shape index (κ2) is 13.0. The highest BCUT2D eigenvalue weighted by Gasteiger charge is 2.11. The number of aromatic nitrogens is 1. The number of para-hydroxylation sites is 1. The zero-order valence-corrected chi connectivity index (χ0v) is 18.6. The molecular formula is C25H35N3O3. The van der Waals surface area contributed by atoms with Crippen LogP contribution in [0.2, 0.25) is 0 Å². The van der Waals surface area contributed by atoms with Crippen LogP contribution in [-0.2, 0) is 22.4 Å². The van der Waals surface area contributed by atoms with E-state index in [0.717, 1.165) is 75.5 Å². The number of nitrogens with one attached hydrogen (secondary N) is 1. The lowest BCUT2D eigenvalue weighted by Gasteiger charge is -2.22. The van der Waals surface area contributed by atoms with E-state index in [-0.39, 0.29) is 5.97 Å². The Hall–Kier alpha value is -2.60. The van der Waals surface area contributed by atoms with Gasteiger partial charge >= 0.3 is 5.97 Å². The van der Waals surface area contributed by atoms with Crippen LogP contribution in [0.15, 0.2) is 42.5 Å². The van der Waals surface area contributed by atoms with Gasteiger partial charge in [-0.1, -0.05) is 24.3 Å². The van der Waals surface area contributed by atoms with Crippen molar-refractivity contribution in [2.45, 2.75) is 44.9 Å². The molecule has 2 heterocycles. The lowest BCUT2D eigenvalue weighted by molar-refractivity contribution is -0.140. The van der Waals surface area contributed by atoms with E-state index in [2.05, 4.69) is 22.3 Å².